The van der Waals surface area contributed by atoms with Gasteiger partial charge in [0.05, 0.1) is 28.6 Å². The fourth-order valence-electron chi connectivity index (χ4n) is 2.90. The van der Waals surface area contributed by atoms with Crippen LogP contribution in [0.5, 0.6) is 0 Å². The molecule has 7 nitrogen and oxygen atoms in total. The monoisotopic (exact) mass is 388 g/mol. The van der Waals surface area contributed by atoms with Crippen LogP contribution in [0.1, 0.15) is 41.5 Å². The Morgan fingerprint density at radius 1 is 1.22 bits per heavy atom. The first-order valence-electron chi connectivity index (χ1n) is 8.82. The molecule has 0 fully saturated rings. The van der Waals surface area contributed by atoms with E-state index in [1.54, 1.807) is 31.6 Å². The van der Waals surface area contributed by atoms with Gasteiger partial charge >= 0.3 is 5.97 Å². The zero-order chi connectivity index (χ0) is 20.0. The summed E-state index contributed by atoms with van der Waals surface area (Å²) >= 11 is 1.52. The van der Waals surface area contributed by atoms with Crippen LogP contribution in [0.4, 0.5) is 0 Å². The van der Waals surface area contributed by atoms with Gasteiger partial charge in [-0.15, -0.1) is 11.3 Å². The molecule has 0 aliphatic rings. The van der Waals surface area contributed by atoms with Crippen LogP contribution in [0.2, 0.25) is 0 Å². The number of fused-ring (bicyclic) bond motifs is 1. The van der Waals surface area contributed by atoms with Gasteiger partial charge in [-0.25, -0.2) is 9.48 Å². The van der Waals surface area contributed by atoms with E-state index >= 15 is 0 Å². The first-order chi connectivity index (χ1) is 12.6. The molecule has 0 unspecified atom stereocenters. The molecule has 0 aliphatic carbocycles. The van der Waals surface area contributed by atoms with Gasteiger partial charge in [0.25, 0.3) is 5.56 Å². The molecule has 27 heavy (non-hydrogen) atoms. The molecular weight excluding hydrogens is 364 g/mol. The molecule has 3 rings (SSSR count). The summed E-state index contributed by atoms with van der Waals surface area (Å²) in [5.41, 5.74) is -0.956. The summed E-state index contributed by atoms with van der Waals surface area (Å²) in [5.74, 6) is -0.502. The van der Waals surface area contributed by atoms with E-state index in [4.69, 9.17) is 4.74 Å². The van der Waals surface area contributed by atoms with Crippen LogP contribution in [0.25, 0.3) is 21.5 Å². The molecule has 0 aliphatic heterocycles. The van der Waals surface area contributed by atoms with Crippen LogP contribution in [0.15, 0.2) is 28.5 Å². The standard InChI is InChI=1S/C19H24N4O3S/c1-7-26-17(25)19(5,6)23-16(24)15-12(11-20-22(15)18(2,3)4)14(21-23)13-9-8-10-27-13/h8-11H,7H2,1-6H3. The molecule has 0 N–H and O–H groups in total. The van der Waals surface area contributed by atoms with E-state index in [1.807, 2.05) is 38.3 Å². The van der Waals surface area contributed by atoms with E-state index < -0.39 is 17.0 Å². The van der Waals surface area contributed by atoms with E-state index in [2.05, 4.69) is 10.2 Å². The smallest absolute Gasteiger partial charge is 0.333 e. The molecule has 0 spiro atoms. The Bertz CT molecular complexity index is 1040. The highest BCUT2D eigenvalue weighted by atomic mass is 32.1. The molecule has 0 bridgehead atoms. The van der Waals surface area contributed by atoms with Crippen molar-refractivity contribution in [2.24, 2.45) is 0 Å². The molecule has 3 aromatic rings. The summed E-state index contributed by atoms with van der Waals surface area (Å²) in [6, 6.07) is 3.86. The van der Waals surface area contributed by atoms with E-state index in [9.17, 15) is 9.59 Å². The Labute approximate surface area is 161 Å². The van der Waals surface area contributed by atoms with Crippen LogP contribution in [-0.2, 0) is 20.6 Å². The average molecular weight is 388 g/mol. The van der Waals surface area contributed by atoms with E-state index in [0.29, 0.717) is 16.6 Å². The largest absolute Gasteiger partial charge is 0.464 e. The van der Waals surface area contributed by atoms with Crippen molar-refractivity contribution in [1.29, 1.82) is 0 Å². The molecule has 3 aromatic heterocycles. The van der Waals surface area contributed by atoms with Gasteiger partial charge in [-0.05, 0) is 53.0 Å². The Balaban J connectivity index is 2.40. The topological polar surface area (TPSA) is 79.0 Å². The van der Waals surface area contributed by atoms with Gasteiger partial charge in [0, 0.05) is 0 Å². The van der Waals surface area contributed by atoms with Crippen molar-refractivity contribution in [2.75, 3.05) is 6.61 Å². The number of ether oxygens (including phenoxy) is 1. The van der Waals surface area contributed by atoms with Crippen LogP contribution in [0.3, 0.4) is 0 Å². The highest BCUT2D eigenvalue weighted by Gasteiger charge is 2.36. The number of esters is 1. The lowest BCUT2D eigenvalue weighted by Crippen LogP contribution is -2.46. The SMILES string of the molecule is CCOC(=O)C(C)(C)n1nc(-c2cccs2)c2cnn(C(C)(C)C)c2c1=O. The minimum atomic E-state index is -1.25. The number of rotatable bonds is 4. The maximum absolute atomic E-state index is 13.4. The molecule has 144 valence electrons. The second kappa shape index (κ2) is 6.60. The first-order valence-corrected chi connectivity index (χ1v) is 9.70. The van der Waals surface area contributed by atoms with Gasteiger partial charge in [-0.3, -0.25) is 9.48 Å². The van der Waals surface area contributed by atoms with Crippen molar-refractivity contribution >= 4 is 28.2 Å². The Morgan fingerprint density at radius 3 is 2.48 bits per heavy atom. The number of nitrogens with zero attached hydrogens (tertiary/aromatic N) is 4. The number of carbonyl (C=O) groups excluding carboxylic acids is 1. The molecule has 0 aromatic carbocycles. The van der Waals surface area contributed by atoms with Gasteiger partial charge in [0.1, 0.15) is 11.2 Å². The Kier molecular flexibility index (Phi) is 4.71. The number of aromatic nitrogens is 4. The Hall–Kier alpha value is -2.48. The highest BCUT2D eigenvalue weighted by Crippen LogP contribution is 2.31. The zero-order valence-electron chi connectivity index (χ0n) is 16.4. The molecule has 0 atom stereocenters. The molecular formula is C19H24N4O3S. The molecule has 0 saturated carbocycles. The third kappa shape index (κ3) is 3.18. The number of hydrogen-bond donors (Lipinski definition) is 0. The summed E-state index contributed by atoms with van der Waals surface area (Å²) in [4.78, 5) is 26.8. The minimum absolute atomic E-state index is 0.233. The molecule has 0 saturated heterocycles. The Morgan fingerprint density at radius 2 is 1.93 bits per heavy atom. The lowest BCUT2D eigenvalue weighted by Gasteiger charge is -2.25. The van der Waals surface area contributed by atoms with Gasteiger partial charge in [-0.2, -0.15) is 10.2 Å². The van der Waals surface area contributed by atoms with Crippen LogP contribution >= 0.6 is 11.3 Å². The van der Waals surface area contributed by atoms with Crippen molar-refractivity contribution in [2.45, 2.75) is 52.6 Å². The van der Waals surface area contributed by atoms with E-state index in [1.165, 1.54) is 16.0 Å². The maximum atomic E-state index is 13.4. The van der Waals surface area contributed by atoms with Crippen molar-refractivity contribution in [3.63, 3.8) is 0 Å². The van der Waals surface area contributed by atoms with Crippen LogP contribution in [0, 0.1) is 0 Å². The lowest BCUT2D eigenvalue weighted by molar-refractivity contribution is -0.152. The third-order valence-corrected chi connectivity index (χ3v) is 5.19. The predicted molar refractivity (Wildman–Crippen MR) is 106 cm³/mol. The van der Waals surface area contributed by atoms with E-state index in [0.717, 1.165) is 4.88 Å². The van der Waals surface area contributed by atoms with Crippen molar-refractivity contribution in [3.05, 3.63) is 34.1 Å². The molecule has 0 radical (unpaired) electrons. The molecule has 0 amide bonds. The molecule has 8 heteroatoms. The zero-order valence-corrected chi connectivity index (χ0v) is 17.3. The lowest BCUT2D eigenvalue weighted by atomic mass is 10.1. The van der Waals surface area contributed by atoms with Gasteiger partial charge in [0.2, 0.25) is 0 Å². The van der Waals surface area contributed by atoms with Gasteiger partial charge in [-0.1, -0.05) is 6.07 Å². The number of thiophene rings is 1. The second-order valence-electron chi connectivity index (χ2n) is 7.81. The fourth-order valence-corrected chi connectivity index (χ4v) is 3.63. The van der Waals surface area contributed by atoms with Crippen molar-refractivity contribution in [1.82, 2.24) is 19.6 Å². The average Bonchev–Trinajstić information content (AvgIpc) is 3.24. The quantitative estimate of drug-likeness (QED) is 0.640. The van der Waals surface area contributed by atoms with Crippen LogP contribution in [-0.4, -0.2) is 32.1 Å². The third-order valence-electron chi connectivity index (χ3n) is 4.31. The number of carbonyl (C=O) groups is 1. The normalized spacial score (nSPS) is 12.5. The summed E-state index contributed by atoms with van der Waals surface area (Å²) in [6.07, 6.45) is 1.67. The summed E-state index contributed by atoms with van der Waals surface area (Å²) in [7, 11) is 0. The van der Waals surface area contributed by atoms with Crippen molar-refractivity contribution < 1.29 is 9.53 Å². The summed E-state index contributed by atoms with van der Waals surface area (Å²) in [5, 5.41) is 11.6. The predicted octanol–water partition coefficient (Wildman–Crippen LogP) is 3.37. The minimum Gasteiger partial charge on any atom is -0.464 e. The van der Waals surface area contributed by atoms with Crippen LogP contribution < -0.4 is 5.56 Å². The fraction of sp³-hybridized carbons (Fsp3) is 0.474. The number of hydrogen-bond acceptors (Lipinski definition) is 6. The summed E-state index contributed by atoms with van der Waals surface area (Å²) < 4.78 is 8.10. The van der Waals surface area contributed by atoms with E-state index in [-0.39, 0.29) is 12.2 Å². The van der Waals surface area contributed by atoms with Gasteiger partial charge in [0.15, 0.2) is 5.54 Å². The highest BCUT2D eigenvalue weighted by molar-refractivity contribution is 7.13. The van der Waals surface area contributed by atoms with Gasteiger partial charge < -0.3 is 4.74 Å². The molecule has 3 heterocycles. The van der Waals surface area contributed by atoms with Crippen molar-refractivity contribution in [3.8, 4) is 10.6 Å². The first kappa shape index (κ1) is 19.3. The second-order valence-corrected chi connectivity index (χ2v) is 8.76. The maximum Gasteiger partial charge on any atom is 0.333 e. The summed E-state index contributed by atoms with van der Waals surface area (Å²) in [6.45, 7) is 11.2.